The predicted octanol–water partition coefficient (Wildman–Crippen LogP) is -0.159. The Morgan fingerprint density at radius 3 is 2.12 bits per heavy atom. The number of likely N-dealkylation sites (N-methyl/N-ethyl adjacent to an activating group) is 1. The van der Waals surface area contributed by atoms with E-state index in [0.29, 0.717) is 37.8 Å². The maximum atomic E-state index is 12.8. The highest BCUT2D eigenvalue weighted by Gasteiger charge is 2.25. The zero-order chi connectivity index (χ0) is 18.0. The van der Waals surface area contributed by atoms with Crippen LogP contribution in [-0.2, 0) is 4.79 Å². The maximum Gasteiger partial charge on any atom is 0.272 e. The molecule has 0 atom stereocenters. The third-order valence-electron chi connectivity index (χ3n) is 4.86. The van der Waals surface area contributed by atoms with E-state index in [1.807, 2.05) is 6.92 Å². The minimum absolute atomic E-state index is 0.0577. The molecule has 1 aromatic rings. The quantitative estimate of drug-likeness (QED) is 0.741. The lowest BCUT2D eigenvalue weighted by Crippen LogP contribution is -2.50. The van der Waals surface area contributed by atoms with Gasteiger partial charge in [-0.3, -0.25) is 9.59 Å². The van der Waals surface area contributed by atoms with Crippen LogP contribution in [0.5, 0.6) is 0 Å². The van der Waals surface area contributed by atoms with Crippen LogP contribution in [0.3, 0.4) is 0 Å². The van der Waals surface area contributed by atoms with Crippen LogP contribution in [0.15, 0.2) is 6.07 Å². The zero-order valence-corrected chi connectivity index (χ0v) is 15.2. The molecule has 0 spiro atoms. The van der Waals surface area contributed by atoms with Gasteiger partial charge in [0, 0.05) is 65.0 Å². The van der Waals surface area contributed by atoms with E-state index in [1.165, 1.54) is 0 Å². The average Bonchev–Trinajstić information content (AvgIpc) is 2.61. The molecule has 0 radical (unpaired) electrons. The number of piperazine rings is 2. The fourth-order valence-electron chi connectivity index (χ4n) is 3.20. The molecule has 0 saturated carbocycles. The van der Waals surface area contributed by atoms with Crippen LogP contribution in [0.25, 0.3) is 0 Å². The van der Waals surface area contributed by atoms with Crippen molar-refractivity contribution in [2.75, 3.05) is 64.3 Å². The minimum Gasteiger partial charge on any atom is -0.339 e. The molecule has 0 unspecified atom stereocenters. The molecular formula is C17H26N6O2. The van der Waals surface area contributed by atoms with Crippen molar-refractivity contribution in [3.8, 4) is 0 Å². The number of nitrogens with zero attached hydrogens (tertiary/aromatic N) is 6. The van der Waals surface area contributed by atoms with Gasteiger partial charge in [-0.2, -0.15) is 0 Å². The number of carbonyl (C=O) groups is 2. The fourth-order valence-corrected chi connectivity index (χ4v) is 3.20. The molecule has 8 heteroatoms. The van der Waals surface area contributed by atoms with Gasteiger partial charge in [-0.1, -0.05) is 0 Å². The van der Waals surface area contributed by atoms with Crippen molar-refractivity contribution in [2.24, 2.45) is 0 Å². The lowest BCUT2D eigenvalue weighted by Gasteiger charge is -2.34. The van der Waals surface area contributed by atoms with Crippen LogP contribution in [0.1, 0.15) is 23.1 Å². The summed E-state index contributed by atoms with van der Waals surface area (Å²) in [6, 6.07) is 1.75. The lowest BCUT2D eigenvalue weighted by atomic mass is 10.2. The van der Waals surface area contributed by atoms with E-state index < -0.39 is 0 Å². The molecule has 8 nitrogen and oxygen atoms in total. The summed E-state index contributed by atoms with van der Waals surface area (Å²) in [6.45, 7) is 9.37. The van der Waals surface area contributed by atoms with E-state index in [2.05, 4.69) is 26.8 Å². The van der Waals surface area contributed by atoms with Crippen molar-refractivity contribution in [1.29, 1.82) is 0 Å². The number of rotatable bonds is 2. The van der Waals surface area contributed by atoms with E-state index in [9.17, 15) is 9.59 Å². The molecule has 0 aliphatic carbocycles. The van der Waals surface area contributed by atoms with Gasteiger partial charge in [0.2, 0.25) is 11.9 Å². The molecular weight excluding hydrogens is 320 g/mol. The van der Waals surface area contributed by atoms with Gasteiger partial charge >= 0.3 is 0 Å². The Morgan fingerprint density at radius 2 is 1.52 bits per heavy atom. The van der Waals surface area contributed by atoms with Crippen LogP contribution in [0.2, 0.25) is 0 Å². The molecule has 136 valence electrons. The second kappa shape index (κ2) is 7.35. The largest absolute Gasteiger partial charge is 0.339 e. The van der Waals surface area contributed by atoms with Crippen molar-refractivity contribution in [3.63, 3.8) is 0 Å². The van der Waals surface area contributed by atoms with E-state index in [-0.39, 0.29) is 11.8 Å². The summed E-state index contributed by atoms with van der Waals surface area (Å²) in [6.07, 6.45) is 0. The van der Waals surface area contributed by atoms with Crippen LogP contribution in [-0.4, -0.2) is 95.9 Å². The van der Waals surface area contributed by atoms with Crippen molar-refractivity contribution in [1.82, 2.24) is 24.7 Å². The van der Waals surface area contributed by atoms with Crippen LogP contribution >= 0.6 is 0 Å². The van der Waals surface area contributed by atoms with Gasteiger partial charge in [-0.05, 0) is 20.0 Å². The predicted molar refractivity (Wildman–Crippen MR) is 94.6 cm³/mol. The number of hydrogen-bond acceptors (Lipinski definition) is 6. The minimum atomic E-state index is -0.0796. The summed E-state index contributed by atoms with van der Waals surface area (Å²) in [7, 11) is 2.10. The Labute approximate surface area is 148 Å². The second-order valence-electron chi connectivity index (χ2n) is 6.78. The smallest absolute Gasteiger partial charge is 0.272 e. The van der Waals surface area contributed by atoms with Crippen molar-refractivity contribution < 1.29 is 9.59 Å². The first-order chi connectivity index (χ1) is 11.9. The van der Waals surface area contributed by atoms with E-state index >= 15 is 0 Å². The fraction of sp³-hybridized carbons (Fsp3) is 0.647. The highest BCUT2D eigenvalue weighted by molar-refractivity contribution is 5.93. The molecule has 2 aliphatic heterocycles. The van der Waals surface area contributed by atoms with Crippen molar-refractivity contribution >= 4 is 17.8 Å². The van der Waals surface area contributed by atoms with Crippen LogP contribution in [0.4, 0.5) is 5.95 Å². The molecule has 2 saturated heterocycles. The Kier molecular flexibility index (Phi) is 5.17. The SMILES string of the molecule is CC(=O)N1CCN(C(=O)c2cc(C)nc(N3CCN(C)CC3)n2)CC1. The molecule has 2 amide bonds. The number of aryl methyl sites for hydroxylation is 1. The van der Waals surface area contributed by atoms with Crippen LogP contribution < -0.4 is 4.90 Å². The first-order valence-electron chi connectivity index (χ1n) is 8.78. The monoisotopic (exact) mass is 346 g/mol. The summed E-state index contributed by atoms with van der Waals surface area (Å²) in [5, 5.41) is 0. The number of hydrogen-bond donors (Lipinski definition) is 0. The van der Waals surface area contributed by atoms with Crippen molar-refractivity contribution in [2.45, 2.75) is 13.8 Å². The molecule has 1 aromatic heterocycles. The van der Waals surface area contributed by atoms with E-state index in [4.69, 9.17) is 0 Å². The molecule has 0 aromatic carbocycles. The van der Waals surface area contributed by atoms with Gasteiger partial charge in [0.15, 0.2) is 0 Å². The number of aromatic nitrogens is 2. The Morgan fingerprint density at radius 1 is 0.920 bits per heavy atom. The summed E-state index contributed by atoms with van der Waals surface area (Å²) in [5.74, 6) is 0.616. The number of carbonyl (C=O) groups excluding carboxylic acids is 2. The highest BCUT2D eigenvalue weighted by atomic mass is 16.2. The van der Waals surface area contributed by atoms with Gasteiger partial charge in [-0.15, -0.1) is 0 Å². The third-order valence-corrected chi connectivity index (χ3v) is 4.86. The van der Waals surface area contributed by atoms with Gasteiger partial charge < -0.3 is 19.6 Å². The van der Waals surface area contributed by atoms with Gasteiger partial charge in [0.25, 0.3) is 5.91 Å². The normalized spacial score (nSPS) is 19.2. The second-order valence-corrected chi connectivity index (χ2v) is 6.78. The maximum absolute atomic E-state index is 12.8. The molecule has 0 bridgehead atoms. The van der Waals surface area contributed by atoms with Crippen molar-refractivity contribution in [3.05, 3.63) is 17.5 Å². The first kappa shape index (κ1) is 17.6. The van der Waals surface area contributed by atoms with Gasteiger partial charge in [0.05, 0.1) is 0 Å². The molecule has 3 rings (SSSR count). The summed E-state index contributed by atoms with van der Waals surface area (Å²) < 4.78 is 0. The lowest BCUT2D eigenvalue weighted by molar-refractivity contribution is -0.130. The average molecular weight is 346 g/mol. The Bertz CT molecular complexity index is 649. The number of anilines is 1. The summed E-state index contributed by atoms with van der Waals surface area (Å²) in [4.78, 5) is 41.2. The van der Waals surface area contributed by atoms with E-state index in [1.54, 1.807) is 22.8 Å². The highest BCUT2D eigenvalue weighted by Crippen LogP contribution is 2.15. The first-order valence-corrected chi connectivity index (χ1v) is 8.78. The molecule has 3 heterocycles. The summed E-state index contributed by atoms with van der Waals surface area (Å²) in [5.41, 5.74) is 1.24. The third kappa shape index (κ3) is 4.07. The van der Waals surface area contributed by atoms with Crippen LogP contribution in [0, 0.1) is 6.92 Å². The molecule has 0 N–H and O–H groups in total. The topological polar surface area (TPSA) is 72.9 Å². The zero-order valence-electron chi connectivity index (χ0n) is 15.2. The summed E-state index contributed by atoms with van der Waals surface area (Å²) >= 11 is 0. The Hall–Kier alpha value is -2.22. The Balaban J connectivity index is 1.71. The van der Waals surface area contributed by atoms with E-state index in [0.717, 1.165) is 31.9 Å². The molecule has 2 aliphatic rings. The van der Waals surface area contributed by atoms with Gasteiger partial charge in [-0.25, -0.2) is 9.97 Å². The van der Waals surface area contributed by atoms with Gasteiger partial charge in [0.1, 0.15) is 5.69 Å². The standard InChI is InChI=1S/C17H26N6O2/c1-13-12-15(16(25)22-10-8-21(9-11-22)14(2)24)19-17(18-13)23-6-4-20(3)5-7-23/h12H,4-11H2,1-3H3. The molecule has 2 fully saturated rings. The number of amides is 2. The molecule has 25 heavy (non-hydrogen) atoms.